The summed E-state index contributed by atoms with van der Waals surface area (Å²) in [7, 11) is 1.73. The van der Waals surface area contributed by atoms with Crippen LogP contribution < -0.4 is 5.73 Å². The van der Waals surface area contributed by atoms with Crippen molar-refractivity contribution in [1.29, 1.82) is 5.41 Å². The third-order valence-corrected chi connectivity index (χ3v) is 3.14. The van der Waals surface area contributed by atoms with Gasteiger partial charge in [0.05, 0.1) is 12.4 Å². The lowest BCUT2D eigenvalue weighted by Crippen LogP contribution is -2.31. The Labute approximate surface area is 112 Å². The van der Waals surface area contributed by atoms with Gasteiger partial charge in [0.25, 0.3) is 0 Å². The first kappa shape index (κ1) is 17.4. The van der Waals surface area contributed by atoms with E-state index in [1.54, 1.807) is 7.11 Å². The summed E-state index contributed by atoms with van der Waals surface area (Å²) in [6.07, 6.45) is 8.59. The van der Waals surface area contributed by atoms with Gasteiger partial charge in [-0.05, 0) is 13.0 Å². The quantitative estimate of drug-likeness (QED) is 0.303. The third kappa shape index (κ3) is 11.9. The molecule has 0 heterocycles. The summed E-state index contributed by atoms with van der Waals surface area (Å²) in [5.74, 6) is 0.278. The van der Waals surface area contributed by atoms with Crippen LogP contribution in [-0.4, -0.2) is 44.1 Å². The van der Waals surface area contributed by atoms with Crippen molar-refractivity contribution in [2.24, 2.45) is 5.73 Å². The second-order valence-corrected chi connectivity index (χ2v) is 4.88. The molecule has 0 aromatic heterocycles. The maximum absolute atomic E-state index is 7.27. The zero-order chi connectivity index (χ0) is 13.6. The number of rotatable bonds is 13. The monoisotopic (exact) mass is 257 g/mol. The second-order valence-electron chi connectivity index (χ2n) is 4.88. The van der Waals surface area contributed by atoms with E-state index in [1.807, 2.05) is 0 Å². The summed E-state index contributed by atoms with van der Waals surface area (Å²) < 4.78 is 5.11. The Bertz CT molecular complexity index is 197. The molecule has 108 valence electrons. The lowest BCUT2D eigenvalue weighted by Gasteiger charge is -2.21. The molecule has 18 heavy (non-hydrogen) atoms. The largest absolute Gasteiger partial charge is 0.388 e. The van der Waals surface area contributed by atoms with Gasteiger partial charge in [-0.25, -0.2) is 0 Å². The second kappa shape index (κ2) is 12.8. The number of hydrogen-bond acceptors (Lipinski definition) is 3. The SMILES string of the molecule is CCCCCCCCN(CCOC)CCC(=N)N. The van der Waals surface area contributed by atoms with Crippen LogP contribution in [0.1, 0.15) is 51.9 Å². The van der Waals surface area contributed by atoms with E-state index in [1.165, 1.54) is 38.5 Å². The first-order valence-corrected chi connectivity index (χ1v) is 7.24. The zero-order valence-electron chi connectivity index (χ0n) is 12.2. The molecule has 4 heteroatoms. The predicted molar refractivity (Wildman–Crippen MR) is 78.2 cm³/mol. The highest BCUT2D eigenvalue weighted by Crippen LogP contribution is 2.06. The zero-order valence-corrected chi connectivity index (χ0v) is 12.2. The molecular formula is C14H31N3O. The Morgan fingerprint density at radius 3 is 2.33 bits per heavy atom. The molecule has 0 saturated carbocycles. The average molecular weight is 257 g/mol. The van der Waals surface area contributed by atoms with Crippen molar-refractivity contribution in [3.8, 4) is 0 Å². The first-order valence-electron chi connectivity index (χ1n) is 7.24. The number of nitrogens with zero attached hydrogens (tertiary/aromatic N) is 1. The third-order valence-electron chi connectivity index (χ3n) is 3.14. The minimum atomic E-state index is 0.278. The summed E-state index contributed by atoms with van der Waals surface area (Å²) in [6.45, 7) is 5.93. The molecule has 0 saturated heterocycles. The van der Waals surface area contributed by atoms with Crippen molar-refractivity contribution in [3.63, 3.8) is 0 Å². The average Bonchev–Trinajstić information content (AvgIpc) is 2.35. The molecule has 0 spiro atoms. The van der Waals surface area contributed by atoms with Crippen molar-refractivity contribution >= 4 is 5.84 Å². The summed E-state index contributed by atoms with van der Waals surface area (Å²) in [6, 6.07) is 0. The van der Waals surface area contributed by atoms with Crippen LogP contribution in [0.15, 0.2) is 0 Å². The molecule has 0 fully saturated rings. The van der Waals surface area contributed by atoms with Gasteiger partial charge >= 0.3 is 0 Å². The van der Waals surface area contributed by atoms with Crippen molar-refractivity contribution in [2.45, 2.75) is 51.9 Å². The van der Waals surface area contributed by atoms with Gasteiger partial charge in [0.2, 0.25) is 0 Å². The van der Waals surface area contributed by atoms with Crippen molar-refractivity contribution in [3.05, 3.63) is 0 Å². The summed E-state index contributed by atoms with van der Waals surface area (Å²) in [5, 5.41) is 7.27. The fourth-order valence-electron chi connectivity index (χ4n) is 1.95. The minimum Gasteiger partial charge on any atom is -0.388 e. The molecule has 0 unspecified atom stereocenters. The summed E-state index contributed by atoms with van der Waals surface area (Å²) >= 11 is 0. The van der Waals surface area contributed by atoms with Gasteiger partial charge in [-0.15, -0.1) is 0 Å². The van der Waals surface area contributed by atoms with Crippen LogP contribution in [0.2, 0.25) is 0 Å². The fraction of sp³-hybridized carbons (Fsp3) is 0.929. The van der Waals surface area contributed by atoms with Gasteiger partial charge in [-0.2, -0.15) is 0 Å². The summed E-state index contributed by atoms with van der Waals surface area (Å²) in [5.41, 5.74) is 5.40. The van der Waals surface area contributed by atoms with Crippen LogP contribution in [0.3, 0.4) is 0 Å². The van der Waals surface area contributed by atoms with E-state index >= 15 is 0 Å². The van der Waals surface area contributed by atoms with E-state index in [9.17, 15) is 0 Å². The van der Waals surface area contributed by atoms with Crippen LogP contribution >= 0.6 is 0 Å². The lowest BCUT2D eigenvalue weighted by molar-refractivity contribution is 0.148. The van der Waals surface area contributed by atoms with Gasteiger partial charge in [-0.1, -0.05) is 39.0 Å². The van der Waals surface area contributed by atoms with E-state index < -0.39 is 0 Å². The van der Waals surface area contributed by atoms with Crippen molar-refractivity contribution < 1.29 is 4.74 Å². The molecule has 0 aliphatic rings. The van der Waals surface area contributed by atoms with Gasteiger partial charge in [0, 0.05) is 26.6 Å². The molecule has 0 aromatic rings. The standard InChI is InChI=1S/C14H31N3O/c1-3-4-5-6-7-8-10-17(12-13-18-2)11-9-14(15)16/h3-13H2,1-2H3,(H3,15,16). The molecule has 0 amide bonds. The molecule has 0 atom stereocenters. The van der Waals surface area contributed by atoms with Crippen LogP contribution in [-0.2, 0) is 4.74 Å². The van der Waals surface area contributed by atoms with Gasteiger partial charge in [0.15, 0.2) is 0 Å². The first-order chi connectivity index (χ1) is 8.70. The normalized spacial score (nSPS) is 11.1. The smallest absolute Gasteiger partial charge is 0.0918 e. The topological polar surface area (TPSA) is 62.3 Å². The van der Waals surface area contributed by atoms with Gasteiger partial charge in [0.1, 0.15) is 0 Å². The van der Waals surface area contributed by atoms with Crippen LogP contribution in [0.4, 0.5) is 0 Å². The van der Waals surface area contributed by atoms with E-state index in [0.29, 0.717) is 6.42 Å². The van der Waals surface area contributed by atoms with Crippen LogP contribution in [0, 0.1) is 5.41 Å². The highest BCUT2D eigenvalue weighted by molar-refractivity contribution is 5.76. The number of amidine groups is 1. The molecule has 3 N–H and O–H groups in total. The van der Waals surface area contributed by atoms with E-state index in [0.717, 1.165) is 26.2 Å². The Morgan fingerprint density at radius 1 is 1.06 bits per heavy atom. The number of hydrogen-bond donors (Lipinski definition) is 2. The van der Waals surface area contributed by atoms with Crippen molar-refractivity contribution in [2.75, 3.05) is 33.4 Å². The number of ether oxygens (including phenoxy) is 1. The molecule has 4 nitrogen and oxygen atoms in total. The number of unbranched alkanes of at least 4 members (excludes halogenated alkanes) is 5. The van der Waals surface area contributed by atoms with Crippen LogP contribution in [0.25, 0.3) is 0 Å². The Hall–Kier alpha value is -0.610. The Kier molecular flexibility index (Phi) is 12.4. The number of nitrogens with one attached hydrogen (secondary N) is 1. The molecule has 0 bridgehead atoms. The Balaban J connectivity index is 3.61. The number of methoxy groups -OCH3 is 1. The van der Waals surface area contributed by atoms with Crippen molar-refractivity contribution in [1.82, 2.24) is 4.90 Å². The highest BCUT2D eigenvalue weighted by Gasteiger charge is 2.05. The maximum Gasteiger partial charge on any atom is 0.0918 e. The molecule has 0 rings (SSSR count). The molecule has 0 radical (unpaired) electrons. The van der Waals surface area contributed by atoms with Gasteiger partial charge < -0.3 is 15.4 Å². The maximum atomic E-state index is 7.27. The van der Waals surface area contributed by atoms with E-state index in [4.69, 9.17) is 15.9 Å². The highest BCUT2D eigenvalue weighted by atomic mass is 16.5. The predicted octanol–water partition coefficient (Wildman–Crippen LogP) is 2.62. The molecule has 0 aromatic carbocycles. The minimum absolute atomic E-state index is 0.278. The van der Waals surface area contributed by atoms with E-state index in [-0.39, 0.29) is 5.84 Å². The van der Waals surface area contributed by atoms with Gasteiger partial charge in [-0.3, -0.25) is 5.41 Å². The number of nitrogens with two attached hydrogens (primary N) is 1. The van der Waals surface area contributed by atoms with Crippen LogP contribution in [0.5, 0.6) is 0 Å². The molecule has 0 aliphatic heterocycles. The Morgan fingerprint density at radius 2 is 1.72 bits per heavy atom. The fourth-order valence-corrected chi connectivity index (χ4v) is 1.95. The molecular weight excluding hydrogens is 226 g/mol. The summed E-state index contributed by atoms with van der Waals surface area (Å²) in [4.78, 5) is 2.35. The lowest BCUT2D eigenvalue weighted by atomic mass is 10.1. The van der Waals surface area contributed by atoms with E-state index in [2.05, 4.69) is 11.8 Å². The molecule has 0 aliphatic carbocycles.